The van der Waals surface area contributed by atoms with Crippen molar-refractivity contribution in [3.8, 4) is 0 Å². The molecule has 2 aromatic carbocycles. The molecule has 1 aromatic heterocycles. The van der Waals surface area contributed by atoms with Gasteiger partial charge in [-0.15, -0.1) is 0 Å². The number of amides is 1. The molecule has 4 rings (SSSR count). The summed E-state index contributed by atoms with van der Waals surface area (Å²) in [5.74, 6) is -0.0163. The van der Waals surface area contributed by atoms with Gasteiger partial charge in [0.15, 0.2) is 15.2 Å². The van der Waals surface area contributed by atoms with E-state index in [0.29, 0.717) is 11.1 Å². The third-order valence-corrected chi connectivity index (χ3v) is 7.34. The van der Waals surface area contributed by atoms with Crippen molar-refractivity contribution in [3.63, 3.8) is 0 Å². The van der Waals surface area contributed by atoms with Gasteiger partial charge >= 0.3 is 0 Å². The van der Waals surface area contributed by atoms with E-state index in [1.54, 1.807) is 35.2 Å². The molecule has 0 saturated heterocycles. The maximum Gasteiger partial charge on any atom is 0.253 e. The molecule has 0 radical (unpaired) electrons. The Balaban J connectivity index is 1.64. The van der Waals surface area contributed by atoms with Crippen molar-refractivity contribution in [3.05, 3.63) is 66.0 Å². The summed E-state index contributed by atoms with van der Waals surface area (Å²) < 4.78 is 27.0. The second-order valence-electron chi connectivity index (χ2n) is 8.15. The average Bonchev–Trinajstić information content (AvgIpc) is 3.17. The summed E-state index contributed by atoms with van der Waals surface area (Å²) in [4.78, 5) is 19.1. The normalized spacial score (nSPS) is 16.5. The number of carbonyl (C=O) groups is 1. The number of hydrogen-bond donors (Lipinski definition) is 0. The van der Waals surface area contributed by atoms with Gasteiger partial charge in [-0.25, -0.2) is 13.4 Å². The molecule has 3 aromatic rings. The van der Waals surface area contributed by atoms with Crippen molar-refractivity contribution in [2.24, 2.45) is 0 Å². The maximum absolute atomic E-state index is 12.9. The molecule has 1 aliphatic rings. The summed E-state index contributed by atoms with van der Waals surface area (Å²) in [6, 6.07) is 14.7. The van der Waals surface area contributed by atoms with Crippen LogP contribution >= 0.6 is 0 Å². The molecule has 1 unspecified atom stereocenters. The number of aromatic nitrogens is 2. The number of para-hydroxylation sites is 2. The zero-order valence-electron chi connectivity index (χ0n) is 17.4. The Labute approximate surface area is 177 Å². The summed E-state index contributed by atoms with van der Waals surface area (Å²) >= 11 is 0. The molecule has 1 saturated carbocycles. The first kappa shape index (κ1) is 20.6. The van der Waals surface area contributed by atoms with Crippen LogP contribution in [-0.4, -0.2) is 48.1 Å². The third kappa shape index (κ3) is 3.99. The van der Waals surface area contributed by atoms with E-state index in [4.69, 9.17) is 0 Å². The van der Waals surface area contributed by atoms with Gasteiger partial charge in [-0.3, -0.25) is 4.79 Å². The number of hydrogen-bond acceptors (Lipinski definition) is 4. The van der Waals surface area contributed by atoms with Crippen molar-refractivity contribution in [2.45, 2.75) is 43.5 Å². The van der Waals surface area contributed by atoms with Gasteiger partial charge in [0.25, 0.3) is 5.91 Å². The van der Waals surface area contributed by atoms with Crippen LogP contribution in [0.2, 0.25) is 0 Å². The Bertz CT molecular complexity index is 1150. The fourth-order valence-corrected chi connectivity index (χ4v) is 5.64. The van der Waals surface area contributed by atoms with Crippen LogP contribution in [0.3, 0.4) is 0 Å². The standard InChI is InChI=1S/C23H27N3O3S/c1-25(19-8-4-3-5-9-19)22(27)17-12-14-18(15-13-17)23(30(2,28)29)26-16-24-20-10-6-7-11-21(20)26/h6-7,10-16,19,23H,3-5,8-9H2,1-2H3. The smallest absolute Gasteiger partial charge is 0.253 e. The molecule has 1 fully saturated rings. The lowest BCUT2D eigenvalue weighted by atomic mass is 9.94. The van der Waals surface area contributed by atoms with Crippen molar-refractivity contribution in [2.75, 3.05) is 13.3 Å². The van der Waals surface area contributed by atoms with Gasteiger partial charge < -0.3 is 9.47 Å². The highest BCUT2D eigenvalue weighted by Crippen LogP contribution is 2.29. The van der Waals surface area contributed by atoms with Gasteiger partial charge in [0.05, 0.1) is 17.4 Å². The molecule has 1 atom stereocenters. The van der Waals surface area contributed by atoms with E-state index in [0.717, 1.165) is 36.7 Å². The van der Waals surface area contributed by atoms with Crippen LogP contribution in [0.15, 0.2) is 54.9 Å². The van der Waals surface area contributed by atoms with Crippen molar-refractivity contribution in [1.82, 2.24) is 14.5 Å². The molecule has 0 bridgehead atoms. The monoisotopic (exact) mass is 425 g/mol. The molecule has 30 heavy (non-hydrogen) atoms. The minimum atomic E-state index is -3.47. The Morgan fingerprint density at radius 2 is 1.73 bits per heavy atom. The molecule has 1 aliphatic carbocycles. The maximum atomic E-state index is 12.9. The SMILES string of the molecule is CN(C(=O)c1ccc(C(n2cnc3ccccc32)S(C)(=O)=O)cc1)C1CCCCC1. The zero-order chi connectivity index (χ0) is 21.3. The van der Waals surface area contributed by atoms with E-state index in [9.17, 15) is 13.2 Å². The molecular formula is C23H27N3O3S. The minimum Gasteiger partial charge on any atom is -0.339 e. The van der Waals surface area contributed by atoms with Gasteiger partial charge in [0.1, 0.15) is 0 Å². The summed E-state index contributed by atoms with van der Waals surface area (Å²) in [6.45, 7) is 0. The molecule has 7 heteroatoms. The highest BCUT2D eigenvalue weighted by molar-refractivity contribution is 7.90. The number of sulfone groups is 1. The number of imidazole rings is 1. The van der Waals surface area contributed by atoms with Crippen LogP contribution in [0.1, 0.15) is 53.4 Å². The van der Waals surface area contributed by atoms with Crippen molar-refractivity contribution in [1.29, 1.82) is 0 Å². The fourth-order valence-electron chi connectivity index (χ4n) is 4.41. The lowest BCUT2D eigenvalue weighted by Gasteiger charge is -2.31. The number of rotatable bonds is 5. The second-order valence-corrected chi connectivity index (χ2v) is 10.3. The quantitative estimate of drug-likeness (QED) is 0.619. The van der Waals surface area contributed by atoms with E-state index in [2.05, 4.69) is 4.98 Å². The van der Waals surface area contributed by atoms with Crippen LogP contribution in [-0.2, 0) is 9.84 Å². The molecule has 1 heterocycles. The van der Waals surface area contributed by atoms with Crippen molar-refractivity contribution < 1.29 is 13.2 Å². The molecule has 158 valence electrons. The Morgan fingerprint density at radius 1 is 1.07 bits per heavy atom. The highest BCUT2D eigenvalue weighted by atomic mass is 32.2. The second kappa shape index (κ2) is 8.22. The van der Waals surface area contributed by atoms with Crippen LogP contribution in [0.25, 0.3) is 11.0 Å². The van der Waals surface area contributed by atoms with Gasteiger partial charge in [-0.2, -0.15) is 0 Å². The first-order valence-electron chi connectivity index (χ1n) is 10.3. The largest absolute Gasteiger partial charge is 0.339 e. The lowest BCUT2D eigenvalue weighted by Crippen LogP contribution is -2.38. The van der Waals surface area contributed by atoms with Crippen LogP contribution in [0, 0.1) is 0 Å². The summed E-state index contributed by atoms with van der Waals surface area (Å²) in [6.07, 6.45) is 8.44. The van der Waals surface area contributed by atoms with Crippen LogP contribution in [0.4, 0.5) is 0 Å². The number of fused-ring (bicyclic) bond motifs is 1. The Kier molecular flexibility index (Phi) is 5.64. The van der Waals surface area contributed by atoms with Gasteiger partial charge in [0, 0.05) is 24.9 Å². The van der Waals surface area contributed by atoms with E-state index in [-0.39, 0.29) is 11.9 Å². The zero-order valence-corrected chi connectivity index (χ0v) is 18.2. The average molecular weight is 426 g/mol. The molecule has 0 spiro atoms. The minimum absolute atomic E-state index is 0.0163. The van der Waals surface area contributed by atoms with Crippen LogP contribution < -0.4 is 0 Å². The molecular weight excluding hydrogens is 398 g/mol. The number of nitrogens with zero attached hydrogens (tertiary/aromatic N) is 3. The number of carbonyl (C=O) groups excluding carboxylic acids is 1. The van der Waals surface area contributed by atoms with Crippen LogP contribution in [0.5, 0.6) is 0 Å². The fraction of sp³-hybridized carbons (Fsp3) is 0.391. The number of benzene rings is 2. The van der Waals surface area contributed by atoms with Gasteiger partial charge in [-0.05, 0) is 42.7 Å². The molecule has 1 amide bonds. The van der Waals surface area contributed by atoms with E-state index in [1.165, 1.54) is 12.7 Å². The molecule has 6 nitrogen and oxygen atoms in total. The summed E-state index contributed by atoms with van der Waals surface area (Å²) in [7, 11) is -1.61. The van der Waals surface area contributed by atoms with E-state index in [1.807, 2.05) is 36.2 Å². The highest BCUT2D eigenvalue weighted by Gasteiger charge is 2.27. The topological polar surface area (TPSA) is 72.3 Å². The van der Waals surface area contributed by atoms with Gasteiger partial charge in [0.2, 0.25) is 0 Å². The molecule has 0 N–H and O–H groups in total. The third-order valence-electron chi connectivity index (χ3n) is 6.02. The predicted molar refractivity (Wildman–Crippen MR) is 118 cm³/mol. The first-order chi connectivity index (χ1) is 14.4. The first-order valence-corrected chi connectivity index (χ1v) is 12.3. The van der Waals surface area contributed by atoms with E-state index < -0.39 is 15.2 Å². The summed E-state index contributed by atoms with van der Waals surface area (Å²) in [5.41, 5.74) is 2.68. The van der Waals surface area contributed by atoms with Gasteiger partial charge in [-0.1, -0.05) is 43.5 Å². The Hall–Kier alpha value is -2.67. The Morgan fingerprint density at radius 3 is 2.40 bits per heavy atom. The predicted octanol–water partition coefficient (Wildman–Crippen LogP) is 4.03. The van der Waals surface area contributed by atoms with E-state index >= 15 is 0 Å². The lowest BCUT2D eigenvalue weighted by molar-refractivity contribution is 0.0696. The van der Waals surface area contributed by atoms with Crippen molar-refractivity contribution >= 4 is 26.8 Å². The summed E-state index contributed by atoms with van der Waals surface area (Å²) in [5, 5.41) is -0.898. The molecule has 0 aliphatic heterocycles.